The summed E-state index contributed by atoms with van der Waals surface area (Å²) in [5.74, 6) is -0.886. The number of anilines is 1. The van der Waals surface area contributed by atoms with Crippen molar-refractivity contribution in [2.24, 2.45) is 0 Å². The van der Waals surface area contributed by atoms with Gasteiger partial charge in [0.2, 0.25) is 0 Å². The SMILES string of the molecule is CCOC(=O)n1nc(NC(=O)c2ccc(C(=O)OC)cc2)c2c1C(C)(C)N(C(=O)N[C@H](CN(C)C)c1ccccc1)C2.S. The maximum Gasteiger partial charge on any atom is 0.435 e. The average molecular weight is 611 g/mol. The predicted octanol–water partition coefficient (Wildman–Crippen LogP) is 4.10. The molecule has 4 rings (SSSR count). The van der Waals surface area contributed by atoms with Gasteiger partial charge in [0, 0.05) is 17.7 Å². The lowest BCUT2D eigenvalue weighted by Crippen LogP contribution is -2.49. The van der Waals surface area contributed by atoms with Crippen molar-refractivity contribution in [1.29, 1.82) is 0 Å². The summed E-state index contributed by atoms with van der Waals surface area (Å²) in [6, 6.07) is 15.0. The lowest BCUT2D eigenvalue weighted by molar-refractivity contribution is 0.0600. The van der Waals surface area contributed by atoms with Crippen molar-refractivity contribution in [2.75, 3.05) is 39.7 Å². The monoisotopic (exact) mass is 610 g/mol. The number of ether oxygens (including phenoxy) is 2. The quantitative estimate of drug-likeness (QED) is 0.364. The Bertz CT molecular complexity index is 1470. The zero-order valence-electron chi connectivity index (χ0n) is 25.1. The zero-order valence-corrected chi connectivity index (χ0v) is 26.1. The summed E-state index contributed by atoms with van der Waals surface area (Å²) in [6.07, 6.45) is -0.721. The summed E-state index contributed by atoms with van der Waals surface area (Å²) < 4.78 is 11.1. The molecule has 1 atom stereocenters. The molecule has 230 valence electrons. The number of nitrogens with one attached hydrogen (secondary N) is 2. The highest BCUT2D eigenvalue weighted by molar-refractivity contribution is 7.59. The van der Waals surface area contributed by atoms with Gasteiger partial charge in [-0.15, -0.1) is 5.10 Å². The van der Waals surface area contributed by atoms with Crippen molar-refractivity contribution in [3.63, 3.8) is 0 Å². The van der Waals surface area contributed by atoms with Crippen molar-refractivity contribution in [3.8, 4) is 0 Å². The molecule has 3 aromatic rings. The fourth-order valence-corrected chi connectivity index (χ4v) is 5.02. The molecule has 13 heteroatoms. The van der Waals surface area contributed by atoms with E-state index in [1.807, 2.05) is 63.2 Å². The molecule has 0 fully saturated rings. The second-order valence-corrected chi connectivity index (χ2v) is 10.6. The van der Waals surface area contributed by atoms with Crippen LogP contribution in [0, 0.1) is 0 Å². The minimum Gasteiger partial charge on any atom is -0.465 e. The van der Waals surface area contributed by atoms with E-state index in [4.69, 9.17) is 9.47 Å². The van der Waals surface area contributed by atoms with E-state index in [1.54, 1.807) is 11.8 Å². The maximum atomic E-state index is 13.8. The Labute approximate surface area is 257 Å². The van der Waals surface area contributed by atoms with Gasteiger partial charge >= 0.3 is 18.1 Å². The number of nitrogens with zero attached hydrogens (tertiary/aromatic N) is 4. The average Bonchev–Trinajstić information content (AvgIpc) is 3.47. The van der Waals surface area contributed by atoms with Crippen LogP contribution in [-0.2, 0) is 21.6 Å². The number of carbonyl (C=O) groups is 4. The van der Waals surface area contributed by atoms with Gasteiger partial charge in [0.05, 0.1) is 43.1 Å². The standard InChI is InChI=1S/C30H36N6O6.H2S/c1-7-42-29(40)36-24-22(25(33-36)32-26(37)20-13-15-21(16-14-20)27(38)41-6)17-35(30(24,2)3)28(39)31-23(18-34(4)5)19-11-9-8-10-12-19;/h8-16,23H,7,17-18H2,1-6H3,(H,31,39)(H,32,33,37);1H2/t23-;/m1./s1. The maximum absolute atomic E-state index is 13.8. The third-order valence-electron chi connectivity index (χ3n) is 7.09. The molecule has 0 saturated heterocycles. The number of carbonyl (C=O) groups excluding carboxylic acids is 4. The number of hydrogen-bond donors (Lipinski definition) is 2. The fourth-order valence-electron chi connectivity index (χ4n) is 5.02. The number of amides is 3. The molecule has 12 nitrogen and oxygen atoms in total. The Morgan fingerprint density at radius 1 is 1.02 bits per heavy atom. The summed E-state index contributed by atoms with van der Waals surface area (Å²) in [7, 11) is 5.14. The van der Waals surface area contributed by atoms with Crippen LogP contribution in [0.5, 0.6) is 0 Å². The second kappa shape index (κ2) is 13.7. The summed E-state index contributed by atoms with van der Waals surface area (Å²) >= 11 is 0. The van der Waals surface area contributed by atoms with Crippen LogP contribution in [-0.4, -0.2) is 77.9 Å². The summed E-state index contributed by atoms with van der Waals surface area (Å²) in [6.45, 7) is 6.10. The van der Waals surface area contributed by atoms with Crippen LogP contribution in [0.25, 0.3) is 0 Å². The fraction of sp³-hybridized carbons (Fsp3) is 0.367. The van der Waals surface area contributed by atoms with Crippen LogP contribution in [0.1, 0.15) is 64.3 Å². The number of likely N-dealkylation sites (N-methyl/N-ethyl adjacent to an activating group) is 1. The van der Waals surface area contributed by atoms with Gasteiger partial charge in [0.15, 0.2) is 5.82 Å². The number of urea groups is 1. The van der Waals surface area contributed by atoms with Crippen LogP contribution >= 0.6 is 13.5 Å². The molecule has 1 aromatic heterocycles. The number of benzene rings is 2. The van der Waals surface area contributed by atoms with Crippen LogP contribution < -0.4 is 10.6 Å². The molecule has 0 spiro atoms. The second-order valence-electron chi connectivity index (χ2n) is 10.6. The molecular weight excluding hydrogens is 572 g/mol. The van der Waals surface area contributed by atoms with E-state index < -0.39 is 23.5 Å². The molecule has 1 aliphatic heterocycles. The van der Waals surface area contributed by atoms with Crippen molar-refractivity contribution in [3.05, 3.63) is 82.5 Å². The van der Waals surface area contributed by atoms with E-state index in [-0.39, 0.29) is 50.1 Å². The number of methoxy groups -OCH3 is 1. The molecule has 2 aromatic carbocycles. The summed E-state index contributed by atoms with van der Waals surface area (Å²) in [5.41, 5.74) is 1.50. The minimum atomic E-state index is -0.982. The third-order valence-corrected chi connectivity index (χ3v) is 7.09. The number of fused-ring (bicyclic) bond motifs is 1. The smallest absolute Gasteiger partial charge is 0.435 e. The highest BCUT2D eigenvalue weighted by Gasteiger charge is 2.47. The molecule has 0 unspecified atom stereocenters. The van der Waals surface area contributed by atoms with Crippen molar-refractivity contribution in [2.45, 2.75) is 38.9 Å². The molecule has 2 N–H and O–H groups in total. The summed E-state index contributed by atoms with van der Waals surface area (Å²) in [4.78, 5) is 55.3. The van der Waals surface area contributed by atoms with Gasteiger partial charge in [-0.2, -0.15) is 18.2 Å². The first-order chi connectivity index (χ1) is 20.0. The molecule has 0 aliphatic carbocycles. The lowest BCUT2D eigenvalue weighted by atomic mass is 10.0. The predicted molar refractivity (Wildman–Crippen MR) is 166 cm³/mol. The molecule has 3 amide bonds. The molecule has 2 heterocycles. The molecule has 0 radical (unpaired) electrons. The first-order valence-electron chi connectivity index (χ1n) is 13.5. The number of rotatable bonds is 8. The number of esters is 1. The van der Waals surface area contributed by atoms with Crippen molar-refractivity contribution < 1.29 is 28.7 Å². The van der Waals surface area contributed by atoms with Crippen LogP contribution in [0.2, 0.25) is 0 Å². The largest absolute Gasteiger partial charge is 0.465 e. The van der Waals surface area contributed by atoms with Gasteiger partial charge in [0.25, 0.3) is 5.91 Å². The Kier molecular flexibility index (Phi) is 10.6. The number of hydrogen-bond acceptors (Lipinski definition) is 8. The normalized spacial score (nSPS) is 13.9. The van der Waals surface area contributed by atoms with Crippen LogP contribution in [0.15, 0.2) is 54.6 Å². The first-order valence-corrected chi connectivity index (χ1v) is 13.5. The Balaban J connectivity index is 0.00000506. The van der Waals surface area contributed by atoms with Gasteiger partial charge in [-0.3, -0.25) is 4.79 Å². The van der Waals surface area contributed by atoms with Gasteiger partial charge in [-0.05, 0) is 64.7 Å². The van der Waals surface area contributed by atoms with Gasteiger partial charge in [-0.25, -0.2) is 14.4 Å². The molecule has 1 aliphatic rings. The Morgan fingerprint density at radius 3 is 2.23 bits per heavy atom. The van der Waals surface area contributed by atoms with E-state index in [9.17, 15) is 19.2 Å². The number of aromatic nitrogens is 2. The Morgan fingerprint density at radius 2 is 1.65 bits per heavy atom. The summed E-state index contributed by atoms with van der Waals surface area (Å²) in [5, 5.41) is 10.3. The molecule has 43 heavy (non-hydrogen) atoms. The minimum absolute atomic E-state index is 0. The Hall–Kier alpha value is -4.36. The zero-order chi connectivity index (χ0) is 30.6. The first kappa shape index (κ1) is 33.1. The molecule has 0 saturated carbocycles. The topological polar surface area (TPSA) is 135 Å². The van der Waals surface area contributed by atoms with E-state index in [2.05, 4.69) is 15.7 Å². The molecule has 0 bridgehead atoms. The van der Waals surface area contributed by atoms with Crippen molar-refractivity contribution >= 4 is 43.3 Å². The highest BCUT2D eigenvalue weighted by atomic mass is 32.1. The van der Waals surface area contributed by atoms with E-state index >= 15 is 0 Å². The van der Waals surface area contributed by atoms with Gasteiger partial charge in [-0.1, -0.05) is 30.3 Å². The van der Waals surface area contributed by atoms with Gasteiger partial charge in [0.1, 0.15) is 0 Å². The van der Waals surface area contributed by atoms with E-state index in [1.165, 1.54) is 31.4 Å². The van der Waals surface area contributed by atoms with E-state index in [0.717, 1.165) is 10.2 Å². The van der Waals surface area contributed by atoms with Crippen LogP contribution in [0.3, 0.4) is 0 Å². The lowest BCUT2D eigenvalue weighted by Gasteiger charge is -2.34. The molecular formula is C30H38N6O6S. The highest BCUT2D eigenvalue weighted by Crippen LogP contribution is 2.42. The van der Waals surface area contributed by atoms with Crippen molar-refractivity contribution in [1.82, 2.24) is 24.9 Å². The van der Waals surface area contributed by atoms with Crippen LogP contribution in [0.4, 0.5) is 15.4 Å². The van der Waals surface area contributed by atoms with E-state index in [0.29, 0.717) is 23.4 Å². The van der Waals surface area contributed by atoms with Gasteiger partial charge < -0.3 is 29.9 Å². The third kappa shape index (κ3) is 7.00.